The predicted molar refractivity (Wildman–Crippen MR) is 147 cm³/mol. The first-order chi connectivity index (χ1) is 17.3. The Bertz CT molecular complexity index is 1580. The highest BCUT2D eigenvalue weighted by Gasteiger charge is 2.18. The highest BCUT2D eigenvalue weighted by Crippen LogP contribution is 2.33. The number of hydrogen-bond donors (Lipinski definition) is 4. The third-order valence-electron chi connectivity index (χ3n) is 6.53. The van der Waals surface area contributed by atoms with Crippen LogP contribution in [-0.2, 0) is 11.2 Å². The number of carbonyl (C=O) groups excluding carboxylic acids is 1. The molecule has 0 saturated heterocycles. The van der Waals surface area contributed by atoms with Gasteiger partial charge in [-0.05, 0) is 61.6 Å². The number of fused-ring (bicyclic) bond motifs is 2. The SMILES string of the molecule is C=C(Nc1nc2ccc(CCC(=O)CC(C)C)cc2[nH]1)c1nc[nH]c1-c1[nH]c2ccc(C)cc2c1C. The molecule has 0 radical (unpaired) electrons. The van der Waals surface area contributed by atoms with Crippen molar-refractivity contribution in [2.45, 2.75) is 47.0 Å². The van der Waals surface area contributed by atoms with Gasteiger partial charge in [0.05, 0.1) is 34.4 Å². The lowest BCUT2D eigenvalue weighted by Gasteiger charge is -2.07. The minimum absolute atomic E-state index is 0.309. The van der Waals surface area contributed by atoms with E-state index in [-0.39, 0.29) is 0 Å². The molecule has 3 aromatic heterocycles. The summed E-state index contributed by atoms with van der Waals surface area (Å²) in [6.07, 6.45) is 3.61. The van der Waals surface area contributed by atoms with Gasteiger partial charge in [0.1, 0.15) is 11.5 Å². The fourth-order valence-electron chi connectivity index (χ4n) is 4.72. The van der Waals surface area contributed by atoms with Gasteiger partial charge in [-0.15, -0.1) is 0 Å². The largest absolute Gasteiger partial charge is 0.353 e. The standard InChI is InChI=1S/C29H32N6O/c1-16(2)12-21(36)9-7-20-8-11-24-25(14-20)35-29(34-24)32-19(5)27-28(31-15-30-27)26-18(4)22-13-17(3)6-10-23(22)33-26/h6,8,10-11,13-16,33H,5,7,9,12H2,1-4H3,(H,30,31)(H2,32,34,35). The molecule has 5 rings (SSSR count). The van der Waals surface area contributed by atoms with E-state index in [0.29, 0.717) is 36.2 Å². The van der Waals surface area contributed by atoms with Gasteiger partial charge >= 0.3 is 0 Å². The molecular formula is C29H32N6O. The Hall–Kier alpha value is -4.13. The van der Waals surface area contributed by atoms with Gasteiger partial charge in [0.2, 0.25) is 5.95 Å². The fourth-order valence-corrected chi connectivity index (χ4v) is 4.72. The molecule has 4 N–H and O–H groups in total. The smallest absolute Gasteiger partial charge is 0.205 e. The van der Waals surface area contributed by atoms with Crippen LogP contribution in [0.2, 0.25) is 0 Å². The maximum atomic E-state index is 12.1. The van der Waals surface area contributed by atoms with Crippen molar-refractivity contribution in [3.63, 3.8) is 0 Å². The molecule has 184 valence electrons. The summed E-state index contributed by atoms with van der Waals surface area (Å²) in [5, 5.41) is 4.48. The fraction of sp³-hybridized carbons (Fsp3) is 0.276. The van der Waals surface area contributed by atoms with Crippen molar-refractivity contribution in [3.8, 4) is 11.4 Å². The summed E-state index contributed by atoms with van der Waals surface area (Å²) in [5.41, 5.74) is 9.60. The van der Waals surface area contributed by atoms with E-state index in [4.69, 9.17) is 0 Å². The van der Waals surface area contributed by atoms with Crippen molar-refractivity contribution in [2.75, 3.05) is 5.32 Å². The molecule has 0 aliphatic carbocycles. The number of H-pyrrole nitrogens is 3. The number of imidazole rings is 2. The Morgan fingerprint density at radius 2 is 1.89 bits per heavy atom. The summed E-state index contributed by atoms with van der Waals surface area (Å²) < 4.78 is 0. The molecule has 0 fully saturated rings. The van der Waals surface area contributed by atoms with Gasteiger partial charge in [-0.2, -0.15) is 0 Å². The molecule has 7 heteroatoms. The minimum Gasteiger partial charge on any atom is -0.353 e. The van der Waals surface area contributed by atoms with Crippen LogP contribution < -0.4 is 5.32 Å². The van der Waals surface area contributed by atoms with E-state index in [1.807, 2.05) is 12.1 Å². The Kier molecular flexibility index (Phi) is 6.22. The van der Waals surface area contributed by atoms with E-state index >= 15 is 0 Å². The number of aromatic nitrogens is 5. The topological polar surface area (TPSA) is 102 Å². The highest BCUT2D eigenvalue weighted by molar-refractivity contribution is 5.93. The number of aryl methyl sites for hydroxylation is 3. The summed E-state index contributed by atoms with van der Waals surface area (Å²) in [6, 6.07) is 12.5. The lowest BCUT2D eigenvalue weighted by molar-refractivity contribution is -0.119. The monoisotopic (exact) mass is 480 g/mol. The molecular weight excluding hydrogens is 448 g/mol. The van der Waals surface area contributed by atoms with E-state index in [1.165, 1.54) is 10.9 Å². The van der Waals surface area contributed by atoms with Crippen LogP contribution in [-0.4, -0.2) is 30.7 Å². The molecule has 0 atom stereocenters. The zero-order chi connectivity index (χ0) is 25.4. The van der Waals surface area contributed by atoms with Gasteiger partial charge in [-0.25, -0.2) is 9.97 Å². The van der Waals surface area contributed by atoms with Crippen molar-refractivity contribution in [1.82, 2.24) is 24.9 Å². The van der Waals surface area contributed by atoms with Gasteiger partial charge in [0, 0.05) is 23.7 Å². The zero-order valence-corrected chi connectivity index (χ0v) is 21.2. The number of carbonyl (C=O) groups is 1. The first kappa shape index (κ1) is 23.6. The Morgan fingerprint density at radius 3 is 2.69 bits per heavy atom. The first-order valence-corrected chi connectivity index (χ1v) is 12.4. The molecule has 5 aromatic rings. The third-order valence-corrected chi connectivity index (χ3v) is 6.53. The van der Waals surface area contributed by atoms with Crippen LogP contribution in [0.25, 0.3) is 39.0 Å². The Labute approximate surface area is 210 Å². The van der Waals surface area contributed by atoms with Gasteiger partial charge in [-0.3, -0.25) is 4.79 Å². The van der Waals surface area contributed by atoms with Gasteiger partial charge in [0.25, 0.3) is 0 Å². The molecule has 0 bridgehead atoms. The van der Waals surface area contributed by atoms with Crippen LogP contribution in [0.3, 0.4) is 0 Å². The van der Waals surface area contributed by atoms with Crippen LogP contribution in [0, 0.1) is 19.8 Å². The second-order valence-electron chi connectivity index (χ2n) is 9.98. The quantitative estimate of drug-likeness (QED) is 0.189. The Balaban J connectivity index is 1.34. The number of anilines is 1. The molecule has 0 unspecified atom stereocenters. The van der Waals surface area contributed by atoms with Gasteiger partial charge < -0.3 is 20.3 Å². The van der Waals surface area contributed by atoms with Crippen molar-refractivity contribution in [1.29, 1.82) is 0 Å². The number of rotatable bonds is 9. The van der Waals surface area contributed by atoms with Crippen molar-refractivity contribution >= 4 is 39.4 Å². The Morgan fingerprint density at radius 1 is 1.06 bits per heavy atom. The second kappa shape index (κ2) is 9.49. The van der Waals surface area contributed by atoms with Crippen LogP contribution >= 0.6 is 0 Å². The predicted octanol–water partition coefficient (Wildman–Crippen LogP) is 6.68. The molecule has 3 heterocycles. The van der Waals surface area contributed by atoms with E-state index in [0.717, 1.165) is 51.2 Å². The maximum Gasteiger partial charge on any atom is 0.205 e. The lowest BCUT2D eigenvalue weighted by atomic mass is 10.0. The number of aromatic amines is 3. The van der Waals surface area contributed by atoms with Gasteiger partial charge in [0.15, 0.2) is 0 Å². The average Bonchev–Trinajstić information content (AvgIpc) is 3.54. The molecule has 0 spiro atoms. The summed E-state index contributed by atoms with van der Waals surface area (Å²) in [5.74, 6) is 1.30. The number of ketones is 1. The minimum atomic E-state index is 0.309. The number of hydrogen-bond acceptors (Lipinski definition) is 4. The molecule has 36 heavy (non-hydrogen) atoms. The third kappa shape index (κ3) is 4.69. The normalized spacial score (nSPS) is 11.6. The van der Waals surface area contributed by atoms with Crippen LogP contribution in [0.5, 0.6) is 0 Å². The summed E-state index contributed by atoms with van der Waals surface area (Å²) in [6.45, 7) is 12.6. The molecule has 0 aliphatic heterocycles. The van der Waals surface area contributed by atoms with Crippen molar-refractivity contribution < 1.29 is 4.79 Å². The average molecular weight is 481 g/mol. The molecule has 7 nitrogen and oxygen atoms in total. The molecule has 0 saturated carbocycles. The summed E-state index contributed by atoms with van der Waals surface area (Å²) in [7, 11) is 0. The molecule has 0 amide bonds. The second-order valence-corrected chi connectivity index (χ2v) is 9.98. The molecule has 2 aromatic carbocycles. The summed E-state index contributed by atoms with van der Waals surface area (Å²) in [4.78, 5) is 31.4. The number of nitrogens with zero attached hydrogens (tertiary/aromatic N) is 2. The molecule has 0 aliphatic rings. The zero-order valence-electron chi connectivity index (χ0n) is 21.2. The van der Waals surface area contributed by atoms with Crippen LogP contribution in [0.1, 0.15) is 49.1 Å². The first-order valence-electron chi connectivity index (χ1n) is 12.4. The van der Waals surface area contributed by atoms with Crippen LogP contribution in [0.4, 0.5) is 5.95 Å². The number of Topliss-reactive ketones (excluding diaryl/α,β-unsaturated/α-hetero) is 1. The summed E-state index contributed by atoms with van der Waals surface area (Å²) >= 11 is 0. The number of nitrogens with one attached hydrogen (secondary N) is 4. The van der Waals surface area contributed by atoms with Crippen molar-refractivity contribution in [2.24, 2.45) is 5.92 Å². The van der Waals surface area contributed by atoms with Crippen LogP contribution in [0.15, 0.2) is 49.3 Å². The lowest BCUT2D eigenvalue weighted by Crippen LogP contribution is -2.04. The van der Waals surface area contributed by atoms with Gasteiger partial charge in [-0.1, -0.05) is 38.1 Å². The van der Waals surface area contributed by atoms with E-state index in [1.54, 1.807) is 6.33 Å². The van der Waals surface area contributed by atoms with E-state index in [9.17, 15) is 4.79 Å². The van der Waals surface area contributed by atoms with E-state index < -0.39 is 0 Å². The highest BCUT2D eigenvalue weighted by atomic mass is 16.1. The maximum absolute atomic E-state index is 12.1. The number of benzene rings is 2. The van der Waals surface area contributed by atoms with E-state index in [2.05, 4.69) is 88.8 Å². The van der Waals surface area contributed by atoms with Crippen molar-refractivity contribution in [3.05, 3.63) is 71.7 Å².